The van der Waals surface area contributed by atoms with Gasteiger partial charge in [0.25, 0.3) is 0 Å². The smallest absolute Gasteiger partial charge is 0.332 e. The van der Waals surface area contributed by atoms with E-state index in [1.807, 2.05) is 0 Å². The van der Waals surface area contributed by atoms with E-state index in [2.05, 4.69) is 9.99 Å². The molecule has 7 heteroatoms. The molecule has 0 aliphatic carbocycles. The minimum atomic E-state index is -0.535. The molecule has 2 N–H and O–H groups in total. The molecule has 1 aromatic rings. The van der Waals surface area contributed by atoms with Crippen molar-refractivity contribution in [2.24, 2.45) is 10.9 Å². The third-order valence-electron chi connectivity index (χ3n) is 2.14. The van der Waals surface area contributed by atoms with Gasteiger partial charge in [-0.1, -0.05) is 17.3 Å². The Balaban J connectivity index is 2.52. The van der Waals surface area contributed by atoms with Crippen LogP contribution in [0.2, 0.25) is 0 Å². The molecule has 0 bridgehead atoms. The van der Waals surface area contributed by atoms with Crippen LogP contribution in [0.4, 0.5) is 0 Å². The molecular formula is C13H18N2O5. The van der Waals surface area contributed by atoms with Crippen molar-refractivity contribution in [3.8, 4) is 5.75 Å². The Labute approximate surface area is 117 Å². The molecule has 1 rings (SSSR count). The zero-order chi connectivity index (χ0) is 14.8. The minimum absolute atomic E-state index is 0.0888. The van der Waals surface area contributed by atoms with Gasteiger partial charge in [0.1, 0.15) is 5.75 Å². The summed E-state index contributed by atoms with van der Waals surface area (Å²) in [6, 6.07) is 6.89. The van der Waals surface area contributed by atoms with E-state index in [-0.39, 0.29) is 12.6 Å². The molecule has 0 spiro atoms. The number of benzene rings is 1. The van der Waals surface area contributed by atoms with Crippen LogP contribution < -0.4 is 10.5 Å². The predicted molar refractivity (Wildman–Crippen MR) is 72.3 cm³/mol. The molecule has 0 saturated heterocycles. The van der Waals surface area contributed by atoms with Gasteiger partial charge in [-0.25, -0.2) is 4.79 Å². The number of carbonyl (C=O) groups is 1. The quantitative estimate of drug-likeness (QED) is 0.190. The van der Waals surface area contributed by atoms with Gasteiger partial charge < -0.3 is 24.8 Å². The second-order valence-corrected chi connectivity index (χ2v) is 3.75. The average Bonchev–Trinajstić information content (AvgIpc) is 2.45. The lowest BCUT2D eigenvalue weighted by Crippen LogP contribution is -2.15. The van der Waals surface area contributed by atoms with E-state index < -0.39 is 5.97 Å². The van der Waals surface area contributed by atoms with Crippen LogP contribution in [0.1, 0.15) is 12.5 Å². The molecule has 0 aliphatic heterocycles. The minimum Gasteiger partial charge on any atom is -0.468 e. The van der Waals surface area contributed by atoms with Crippen molar-refractivity contribution in [1.29, 1.82) is 0 Å². The Bertz CT molecular complexity index is 462. The maximum absolute atomic E-state index is 10.6. The maximum atomic E-state index is 10.6. The fourth-order valence-corrected chi connectivity index (χ4v) is 1.22. The molecule has 0 fully saturated rings. The molecule has 20 heavy (non-hydrogen) atoms. The molecule has 0 heterocycles. The van der Waals surface area contributed by atoms with Crippen LogP contribution in [0.5, 0.6) is 5.75 Å². The third kappa shape index (κ3) is 6.17. The van der Waals surface area contributed by atoms with Crippen LogP contribution in [-0.4, -0.2) is 38.9 Å². The Morgan fingerprint density at radius 1 is 1.35 bits per heavy atom. The van der Waals surface area contributed by atoms with Crippen molar-refractivity contribution < 1.29 is 23.8 Å². The summed E-state index contributed by atoms with van der Waals surface area (Å²) in [7, 11) is 1.60. The van der Waals surface area contributed by atoms with E-state index in [1.54, 1.807) is 31.4 Å². The maximum Gasteiger partial charge on any atom is 0.332 e. The molecule has 0 atom stereocenters. The molecule has 0 radical (unpaired) electrons. The van der Waals surface area contributed by atoms with Crippen molar-refractivity contribution in [3.63, 3.8) is 0 Å². The number of carbonyl (C=O) groups excluding carboxylic acids is 1. The first-order valence-electron chi connectivity index (χ1n) is 5.94. The van der Waals surface area contributed by atoms with E-state index in [4.69, 9.17) is 19.9 Å². The number of hydrogen-bond donors (Lipinski definition) is 1. The molecule has 1 aromatic carbocycles. The predicted octanol–water partition coefficient (Wildman–Crippen LogP) is 0.869. The lowest BCUT2D eigenvalue weighted by molar-refractivity contribution is -0.140. The highest BCUT2D eigenvalue weighted by molar-refractivity contribution is 5.97. The lowest BCUT2D eigenvalue weighted by Gasteiger charge is -2.08. The molecule has 7 nitrogen and oxygen atoms in total. The number of ether oxygens (including phenoxy) is 3. The zero-order valence-corrected chi connectivity index (χ0v) is 11.5. The van der Waals surface area contributed by atoms with Gasteiger partial charge in [-0.3, -0.25) is 0 Å². The number of amidine groups is 1. The van der Waals surface area contributed by atoms with Crippen LogP contribution in [0.25, 0.3) is 0 Å². The summed E-state index contributed by atoms with van der Waals surface area (Å²) in [6.45, 7) is 2.30. The van der Waals surface area contributed by atoms with Gasteiger partial charge in [-0.2, -0.15) is 0 Å². The summed E-state index contributed by atoms with van der Waals surface area (Å²) in [5.74, 6) is 0.124. The van der Waals surface area contributed by atoms with Crippen LogP contribution in [0, 0.1) is 0 Å². The van der Waals surface area contributed by atoms with Crippen molar-refractivity contribution in [2.75, 3.05) is 27.1 Å². The van der Waals surface area contributed by atoms with Gasteiger partial charge in [0.05, 0.1) is 13.2 Å². The van der Waals surface area contributed by atoms with E-state index in [1.165, 1.54) is 6.92 Å². The Kier molecular flexibility index (Phi) is 7.08. The van der Waals surface area contributed by atoms with Crippen LogP contribution in [-0.2, 0) is 19.1 Å². The summed E-state index contributed by atoms with van der Waals surface area (Å²) in [4.78, 5) is 15.1. The van der Waals surface area contributed by atoms with Gasteiger partial charge in [0.2, 0.25) is 0 Å². The first-order valence-corrected chi connectivity index (χ1v) is 5.94. The number of nitrogens with two attached hydrogens (primary N) is 1. The van der Waals surface area contributed by atoms with Gasteiger partial charge in [-0.15, -0.1) is 0 Å². The molecular weight excluding hydrogens is 264 g/mol. The Morgan fingerprint density at radius 2 is 2.15 bits per heavy atom. The summed E-state index contributed by atoms with van der Waals surface area (Å²) in [5.41, 5.74) is 6.26. The average molecular weight is 282 g/mol. The number of oxime groups is 1. The highest BCUT2D eigenvalue weighted by Crippen LogP contribution is 2.13. The highest BCUT2D eigenvalue weighted by atomic mass is 16.7. The largest absolute Gasteiger partial charge is 0.468 e. The SMILES string of the molecule is COCCOCOc1cccc(/C(N)=N/OC(C)=O)c1. The van der Waals surface area contributed by atoms with Gasteiger partial charge in [0, 0.05) is 19.6 Å². The standard InChI is InChI=1S/C13H18N2O5/c1-10(16)20-15-13(14)11-4-3-5-12(8-11)19-9-18-7-6-17-2/h3-5,8H,6-7,9H2,1-2H3,(H2,14,15). The molecule has 0 unspecified atom stereocenters. The summed E-state index contributed by atoms with van der Waals surface area (Å²) in [6.07, 6.45) is 0. The van der Waals surface area contributed by atoms with Crippen LogP contribution in [0.3, 0.4) is 0 Å². The molecule has 0 amide bonds. The summed E-state index contributed by atoms with van der Waals surface area (Å²) in [5, 5.41) is 3.50. The molecule has 110 valence electrons. The summed E-state index contributed by atoms with van der Waals surface area (Å²) < 4.78 is 15.4. The van der Waals surface area contributed by atoms with Crippen molar-refractivity contribution in [1.82, 2.24) is 0 Å². The number of rotatable bonds is 8. The van der Waals surface area contributed by atoms with Gasteiger partial charge in [0.15, 0.2) is 12.6 Å². The normalized spacial score (nSPS) is 11.2. The van der Waals surface area contributed by atoms with E-state index >= 15 is 0 Å². The van der Waals surface area contributed by atoms with Crippen LogP contribution >= 0.6 is 0 Å². The second kappa shape index (κ2) is 8.89. The van der Waals surface area contributed by atoms with E-state index in [0.717, 1.165) is 0 Å². The van der Waals surface area contributed by atoms with Gasteiger partial charge >= 0.3 is 5.97 Å². The van der Waals surface area contributed by atoms with E-state index in [9.17, 15) is 4.79 Å². The van der Waals surface area contributed by atoms with Crippen molar-refractivity contribution in [2.45, 2.75) is 6.92 Å². The van der Waals surface area contributed by atoms with Crippen LogP contribution in [0.15, 0.2) is 29.4 Å². The molecule has 0 saturated carbocycles. The fraction of sp³-hybridized carbons (Fsp3) is 0.385. The summed E-state index contributed by atoms with van der Waals surface area (Å²) >= 11 is 0. The first-order chi connectivity index (χ1) is 9.63. The fourth-order valence-electron chi connectivity index (χ4n) is 1.22. The zero-order valence-electron chi connectivity index (χ0n) is 11.5. The number of hydrogen-bond acceptors (Lipinski definition) is 6. The Morgan fingerprint density at radius 3 is 2.85 bits per heavy atom. The highest BCUT2D eigenvalue weighted by Gasteiger charge is 2.02. The second-order valence-electron chi connectivity index (χ2n) is 3.75. The molecule has 0 aromatic heterocycles. The Hall–Kier alpha value is -2.12. The monoisotopic (exact) mass is 282 g/mol. The lowest BCUT2D eigenvalue weighted by atomic mass is 10.2. The molecule has 0 aliphatic rings. The van der Waals surface area contributed by atoms with E-state index in [0.29, 0.717) is 24.5 Å². The number of methoxy groups -OCH3 is 1. The first kappa shape index (κ1) is 15.9. The number of nitrogens with zero attached hydrogens (tertiary/aromatic N) is 1. The van der Waals surface area contributed by atoms with Gasteiger partial charge in [-0.05, 0) is 12.1 Å². The topological polar surface area (TPSA) is 92.4 Å². The third-order valence-corrected chi connectivity index (χ3v) is 2.14. The van der Waals surface area contributed by atoms with Crippen molar-refractivity contribution in [3.05, 3.63) is 29.8 Å². The van der Waals surface area contributed by atoms with Crippen molar-refractivity contribution >= 4 is 11.8 Å².